The lowest BCUT2D eigenvalue weighted by atomic mass is 10.1. The number of oxazole rings is 1. The summed E-state index contributed by atoms with van der Waals surface area (Å²) in [5.41, 5.74) is 4.22. The molecule has 10 heteroatoms. The Morgan fingerprint density at radius 2 is 1.80 bits per heavy atom. The van der Waals surface area contributed by atoms with Gasteiger partial charge in [0.25, 0.3) is 5.91 Å². The first-order valence-corrected chi connectivity index (χ1v) is 13.4. The molecule has 2 heterocycles. The van der Waals surface area contributed by atoms with E-state index in [-0.39, 0.29) is 16.6 Å². The van der Waals surface area contributed by atoms with Crippen LogP contribution in [0.2, 0.25) is 0 Å². The van der Waals surface area contributed by atoms with Crippen LogP contribution in [0.1, 0.15) is 17.3 Å². The molecular weight excluding hydrogens is 579 g/mol. The van der Waals surface area contributed by atoms with Gasteiger partial charge in [0.1, 0.15) is 11.2 Å². The molecule has 35 heavy (non-hydrogen) atoms. The number of carbonyl (C=O) groups is 1. The first-order valence-electron chi connectivity index (χ1n) is 10.7. The van der Waals surface area contributed by atoms with Crippen LogP contribution < -0.4 is 5.32 Å². The number of anilines is 1. The van der Waals surface area contributed by atoms with Gasteiger partial charge in [-0.05, 0) is 77.2 Å². The topological polar surface area (TPSA) is 118 Å². The molecule has 8 nitrogen and oxygen atoms in total. The number of H-pyrrole nitrogens is 1. The average molecular weight is 598 g/mol. The fourth-order valence-corrected chi connectivity index (χ4v) is 4.83. The van der Waals surface area contributed by atoms with Crippen molar-refractivity contribution in [3.63, 3.8) is 0 Å². The Hall–Kier alpha value is -3.51. The van der Waals surface area contributed by atoms with Gasteiger partial charge in [-0.15, -0.1) is 0 Å². The number of nitrogens with one attached hydrogen (secondary N) is 2. The number of fused-ring (bicyclic) bond motifs is 1. The van der Waals surface area contributed by atoms with Crippen molar-refractivity contribution in [1.29, 1.82) is 0 Å². The van der Waals surface area contributed by atoms with Gasteiger partial charge in [-0.3, -0.25) is 9.89 Å². The Labute approximate surface area is 214 Å². The summed E-state index contributed by atoms with van der Waals surface area (Å²) in [5, 5.41) is 10.1. The minimum absolute atomic E-state index is 0.0102. The van der Waals surface area contributed by atoms with Gasteiger partial charge >= 0.3 is 0 Å². The summed E-state index contributed by atoms with van der Waals surface area (Å²) in [5.74, 6) is 0.146. The van der Waals surface area contributed by atoms with E-state index in [2.05, 4.69) is 43.1 Å². The summed E-state index contributed by atoms with van der Waals surface area (Å²) in [6.45, 7) is 1.60. The summed E-state index contributed by atoms with van der Waals surface area (Å²) in [7, 11) is -3.35. The number of rotatable bonds is 6. The Morgan fingerprint density at radius 3 is 2.51 bits per heavy atom. The predicted octanol–water partition coefficient (Wildman–Crippen LogP) is 5.54. The summed E-state index contributed by atoms with van der Waals surface area (Å²) in [6.07, 6.45) is 1.68. The van der Waals surface area contributed by atoms with Crippen LogP contribution >= 0.6 is 22.6 Å². The third-order valence-corrected chi connectivity index (χ3v) is 7.94. The highest BCUT2D eigenvalue weighted by molar-refractivity contribution is 14.1. The molecule has 2 aromatic heterocycles. The number of nitrogens with zero attached hydrogens (tertiary/aromatic N) is 2. The normalized spacial score (nSPS) is 11.6. The van der Waals surface area contributed by atoms with Crippen LogP contribution in [-0.4, -0.2) is 35.3 Å². The van der Waals surface area contributed by atoms with Gasteiger partial charge in [-0.2, -0.15) is 5.10 Å². The minimum Gasteiger partial charge on any atom is -0.436 e. The number of aromatic nitrogens is 3. The van der Waals surface area contributed by atoms with Gasteiger partial charge in [0.15, 0.2) is 15.4 Å². The molecule has 0 fully saturated rings. The zero-order valence-electron chi connectivity index (χ0n) is 18.4. The second-order valence-electron chi connectivity index (χ2n) is 7.74. The standard InChI is InChI=1S/C25H19IN4O4S/c1-2-35(32,33)19-11-12-22-21(13-19)29-25(34-22)20-14-27-30-23(20)15-5-9-18(10-6-15)28-24(31)16-3-7-17(26)8-4-16/h3-14H,2H2,1H3,(H,27,30)(H,28,31). The number of halogens is 1. The molecule has 3 aromatic carbocycles. The van der Waals surface area contributed by atoms with E-state index in [1.807, 2.05) is 24.3 Å². The fourth-order valence-electron chi connectivity index (χ4n) is 3.57. The monoisotopic (exact) mass is 598 g/mol. The maximum Gasteiger partial charge on any atom is 0.255 e. The van der Waals surface area contributed by atoms with E-state index in [0.29, 0.717) is 39.5 Å². The zero-order chi connectivity index (χ0) is 24.6. The van der Waals surface area contributed by atoms with E-state index in [9.17, 15) is 13.2 Å². The van der Waals surface area contributed by atoms with E-state index in [1.165, 1.54) is 12.1 Å². The predicted molar refractivity (Wildman–Crippen MR) is 142 cm³/mol. The molecule has 0 spiro atoms. The van der Waals surface area contributed by atoms with Crippen molar-refractivity contribution in [3.05, 3.63) is 82.1 Å². The van der Waals surface area contributed by atoms with Crippen molar-refractivity contribution in [2.75, 3.05) is 11.1 Å². The number of sulfone groups is 1. The van der Waals surface area contributed by atoms with Crippen molar-refractivity contribution < 1.29 is 17.6 Å². The van der Waals surface area contributed by atoms with Gasteiger partial charge in [-0.1, -0.05) is 19.1 Å². The second kappa shape index (κ2) is 9.27. The van der Waals surface area contributed by atoms with Crippen LogP contribution in [0.5, 0.6) is 0 Å². The first-order chi connectivity index (χ1) is 16.8. The SMILES string of the molecule is CCS(=O)(=O)c1ccc2oc(-c3c[nH]nc3-c3ccc(NC(=O)c4ccc(I)cc4)cc3)nc2c1. The van der Waals surface area contributed by atoms with E-state index >= 15 is 0 Å². The van der Waals surface area contributed by atoms with Crippen LogP contribution in [0.15, 0.2) is 82.2 Å². The maximum absolute atomic E-state index is 12.5. The molecule has 0 aliphatic rings. The molecule has 0 unspecified atom stereocenters. The highest BCUT2D eigenvalue weighted by Gasteiger charge is 2.19. The van der Waals surface area contributed by atoms with Crippen molar-refractivity contribution in [1.82, 2.24) is 15.2 Å². The highest BCUT2D eigenvalue weighted by atomic mass is 127. The van der Waals surface area contributed by atoms with Crippen LogP contribution in [0, 0.1) is 3.57 Å². The van der Waals surface area contributed by atoms with E-state index in [0.717, 1.165) is 9.13 Å². The molecule has 5 aromatic rings. The molecule has 5 rings (SSSR count). The molecule has 176 valence electrons. The molecule has 0 aliphatic heterocycles. The quantitative estimate of drug-likeness (QED) is 0.248. The zero-order valence-corrected chi connectivity index (χ0v) is 21.4. The van der Waals surface area contributed by atoms with Gasteiger partial charge in [-0.25, -0.2) is 13.4 Å². The van der Waals surface area contributed by atoms with E-state index < -0.39 is 9.84 Å². The summed E-state index contributed by atoms with van der Waals surface area (Å²) >= 11 is 2.19. The smallest absolute Gasteiger partial charge is 0.255 e. The van der Waals surface area contributed by atoms with Gasteiger partial charge in [0.05, 0.1) is 16.2 Å². The molecule has 0 aliphatic carbocycles. The first kappa shape index (κ1) is 23.2. The number of hydrogen-bond acceptors (Lipinski definition) is 6. The van der Waals surface area contributed by atoms with Crippen molar-refractivity contribution in [2.24, 2.45) is 0 Å². The molecule has 0 atom stereocenters. The Balaban J connectivity index is 1.40. The summed E-state index contributed by atoms with van der Waals surface area (Å²) in [6, 6.07) is 19.3. The Bertz CT molecular complexity index is 1640. The number of carbonyl (C=O) groups excluding carboxylic acids is 1. The minimum atomic E-state index is -3.35. The maximum atomic E-state index is 12.5. The number of hydrogen-bond donors (Lipinski definition) is 2. The summed E-state index contributed by atoms with van der Waals surface area (Å²) in [4.78, 5) is 17.2. The molecule has 2 N–H and O–H groups in total. The van der Waals surface area contributed by atoms with Crippen molar-refractivity contribution in [3.8, 4) is 22.7 Å². The Morgan fingerprint density at radius 1 is 1.06 bits per heavy atom. The third kappa shape index (κ3) is 4.71. The molecule has 0 saturated carbocycles. The van der Waals surface area contributed by atoms with Gasteiger partial charge in [0, 0.05) is 26.6 Å². The van der Waals surface area contributed by atoms with Gasteiger partial charge in [0.2, 0.25) is 5.89 Å². The average Bonchev–Trinajstić information content (AvgIpc) is 3.51. The lowest BCUT2D eigenvalue weighted by molar-refractivity contribution is 0.102. The Kier molecular flexibility index (Phi) is 6.15. The molecule has 0 radical (unpaired) electrons. The largest absolute Gasteiger partial charge is 0.436 e. The van der Waals surface area contributed by atoms with Crippen molar-refractivity contribution in [2.45, 2.75) is 11.8 Å². The lowest BCUT2D eigenvalue weighted by Crippen LogP contribution is -2.11. The fraction of sp³-hybridized carbons (Fsp3) is 0.0800. The highest BCUT2D eigenvalue weighted by Crippen LogP contribution is 2.33. The molecule has 0 saturated heterocycles. The van der Waals surface area contributed by atoms with Crippen molar-refractivity contribution >= 4 is 55.1 Å². The van der Waals surface area contributed by atoms with Crippen LogP contribution in [0.4, 0.5) is 5.69 Å². The van der Waals surface area contributed by atoms with Crippen LogP contribution in [0.3, 0.4) is 0 Å². The molecular formula is C25H19IN4O4S. The number of amides is 1. The van der Waals surface area contributed by atoms with E-state index in [1.54, 1.807) is 43.5 Å². The lowest BCUT2D eigenvalue weighted by Gasteiger charge is -2.06. The number of benzene rings is 3. The molecule has 0 bridgehead atoms. The summed E-state index contributed by atoms with van der Waals surface area (Å²) < 4.78 is 31.4. The van der Waals surface area contributed by atoms with E-state index in [4.69, 9.17) is 4.42 Å². The van der Waals surface area contributed by atoms with Crippen LogP contribution in [-0.2, 0) is 9.84 Å². The second-order valence-corrected chi connectivity index (χ2v) is 11.3. The van der Waals surface area contributed by atoms with Gasteiger partial charge < -0.3 is 9.73 Å². The molecule has 1 amide bonds. The van der Waals surface area contributed by atoms with Crippen LogP contribution in [0.25, 0.3) is 33.8 Å². The third-order valence-electron chi connectivity index (χ3n) is 5.49. The number of aromatic amines is 1.